The maximum absolute atomic E-state index is 13.0. The standard InChI is InChI=1S/C53H71Cl5O19/c1-26(2)9-8-10-29(49(66)67)44-31-17-32(60)48-51(5)15-14-33(27(3)30(51)13-16-52(48,6)53(31,7)18-35(44)70-28(4)59)71-43-12-11-34(36(72-43)24-68-38(61)19-54)73-50-47(77-42(65)23-58)46(76-41(64)22-57)45(75-40(63)21-56)37(74-50)25-69-39(62)20-55/h9,11-12,27,30-37,43,45-48,50,60H,8,10,13-25H2,1-7H3,(H,66,67)/b44-29+/t27-,30-,31-,32+,33+,34-,35-,36+,37+,43?,45+,46-,47+,48?,50-,51-,52-,53-/m0/s1. The summed E-state index contributed by atoms with van der Waals surface area (Å²) < 4.78 is 59.2. The molecule has 6 aliphatic rings. The average molecular weight is 1190 g/mol. The van der Waals surface area contributed by atoms with E-state index in [-0.39, 0.29) is 47.2 Å². The van der Waals surface area contributed by atoms with Gasteiger partial charge in [0.25, 0.3) is 0 Å². The van der Waals surface area contributed by atoms with Crippen LogP contribution in [0.15, 0.2) is 34.9 Å². The van der Waals surface area contributed by atoms with Crippen molar-refractivity contribution in [2.45, 2.75) is 167 Å². The lowest BCUT2D eigenvalue weighted by atomic mass is 9.36. The van der Waals surface area contributed by atoms with Gasteiger partial charge in [0.05, 0.1) is 12.2 Å². The van der Waals surface area contributed by atoms with E-state index in [0.717, 1.165) is 12.0 Å². The molecule has 0 aromatic heterocycles. The first kappa shape index (κ1) is 62.9. The number of carbonyl (C=O) groups is 7. The van der Waals surface area contributed by atoms with Crippen LogP contribution < -0.4 is 0 Å². The third kappa shape index (κ3) is 13.9. The zero-order valence-corrected chi connectivity index (χ0v) is 48.0. The molecule has 0 aromatic carbocycles. The van der Waals surface area contributed by atoms with Gasteiger partial charge in [0.1, 0.15) is 67.0 Å². The maximum Gasteiger partial charge on any atom is 0.331 e. The Hall–Kier alpha value is -3.24. The van der Waals surface area contributed by atoms with Crippen LogP contribution in [0.5, 0.6) is 0 Å². The smallest absolute Gasteiger partial charge is 0.331 e. The lowest BCUT2D eigenvalue weighted by Gasteiger charge is -2.69. The molecular formula is C53H71Cl5O19. The number of ether oxygens (including phenoxy) is 10. The van der Waals surface area contributed by atoms with Gasteiger partial charge in [-0.3, -0.25) is 28.8 Å². The highest BCUT2D eigenvalue weighted by Crippen LogP contribution is 2.74. The second kappa shape index (κ2) is 27.0. The summed E-state index contributed by atoms with van der Waals surface area (Å²) in [5, 5.41) is 23.2. The van der Waals surface area contributed by atoms with Crippen LogP contribution in [-0.4, -0.2) is 162 Å². The van der Waals surface area contributed by atoms with Gasteiger partial charge < -0.3 is 57.6 Å². The average Bonchev–Trinajstić information content (AvgIpc) is 3.70. The van der Waals surface area contributed by atoms with Crippen LogP contribution in [0.3, 0.4) is 0 Å². The molecule has 77 heavy (non-hydrogen) atoms. The van der Waals surface area contributed by atoms with Crippen molar-refractivity contribution in [3.05, 3.63) is 34.9 Å². The van der Waals surface area contributed by atoms with Gasteiger partial charge in [-0.05, 0) is 117 Å². The highest BCUT2D eigenvalue weighted by molar-refractivity contribution is 6.27. The highest BCUT2D eigenvalue weighted by atomic mass is 35.5. The number of esters is 6. The summed E-state index contributed by atoms with van der Waals surface area (Å²) in [5.74, 6) is -9.92. The summed E-state index contributed by atoms with van der Waals surface area (Å²) in [6.07, 6.45) is -4.15. The summed E-state index contributed by atoms with van der Waals surface area (Å²) >= 11 is 28.9. The highest BCUT2D eigenvalue weighted by Gasteiger charge is 2.71. The molecule has 432 valence electrons. The number of aliphatic carboxylic acids is 1. The minimum Gasteiger partial charge on any atom is -0.478 e. The topological polar surface area (TPSA) is 252 Å². The lowest BCUT2D eigenvalue weighted by molar-refractivity contribution is -0.325. The first-order chi connectivity index (χ1) is 36.4. The van der Waals surface area contributed by atoms with Crippen LogP contribution in [0, 0.1) is 39.9 Å². The molecule has 1 saturated heterocycles. The number of aliphatic hydroxyl groups excluding tert-OH is 1. The molecule has 4 aliphatic carbocycles. The van der Waals surface area contributed by atoms with Crippen LogP contribution in [0.1, 0.15) is 99.8 Å². The normalized spacial score (nSPS) is 37.9. The Balaban J connectivity index is 1.26. The molecule has 18 atom stereocenters. The van der Waals surface area contributed by atoms with Gasteiger partial charge in [-0.25, -0.2) is 4.79 Å². The number of carboxylic acid groups (broad SMARTS) is 1. The van der Waals surface area contributed by atoms with Crippen LogP contribution >= 0.6 is 58.0 Å². The largest absolute Gasteiger partial charge is 0.478 e. The van der Waals surface area contributed by atoms with Gasteiger partial charge in [-0.2, -0.15) is 0 Å². The summed E-state index contributed by atoms with van der Waals surface area (Å²) in [5.41, 5.74) is 0.547. The number of hydrogen-bond acceptors (Lipinski definition) is 18. The summed E-state index contributed by atoms with van der Waals surface area (Å²) in [7, 11) is 0. The second-order valence-corrected chi connectivity index (χ2v) is 23.1. The van der Waals surface area contributed by atoms with Gasteiger partial charge in [-0.1, -0.05) is 45.4 Å². The first-order valence-corrected chi connectivity index (χ1v) is 28.5. The molecule has 24 heteroatoms. The number of alkyl halides is 5. The molecule has 5 fully saturated rings. The number of carboxylic acids is 1. The number of carbonyl (C=O) groups excluding carboxylic acids is 6. The summed E-state index contributed by atoms with van der Waals surface area (Å²) in [6.45, 7) is 13.0. The van der Waals surface area contributed by atoms with Crippen molar-refractivity contribution in [1.29, 1.82) is 0 Å². The monoisotopic (exact) mass is 1190 g/mol. The molecule has 0 bridgehead atoms. The molecule has 2 heterocycles. The predicted molar refractivity (Wildman–Crippen MR) is 278 cm³/mol. The molecule has 6 rings (SSSR count). The van der Waals surface area contributed by atoms with Crippen LogP contribution in [0.4, 0.5) is 0 Å². The molecule has 2 aliphatic heterocycles. The Morgan fingerprint density at radius 2 is 1.30 bits per heavy atom. The molecule has 0 spiro atoms. The molecule has 0 amide bonds. The van der Waals surface area contributed by atoms with Crippen molar-refractivity contribution < 1.29 is 91.1 Å². The van der Waals surface area contributed by atoms with E-state index >= 15 is 0 Å². The molecule has 2 N–H and O–H groups in total. The summed E-state index contributed by atoms with van der Waals surface area (Å²) in [4.78, 5) is 88.7. The first-order valence-electron chi connectivity index (χ1n) is 25.8. The number of halogens is 5. The minimum atomic E-state index is -1.73. The van der Waals surface area contributed by atoms with E-state index in [2.05, 4.69) is 27.7 Å². The number of aliphatic hydroxyl groups is 1. The Labute approximate surface area is 473 Å². The van der Waals surface area contributed by atoms with Crippen LogP contribution in [0.25, 0.3) is 0 Å². The van der Waals surface area contributed by atoms with Crippen molar-refractivity contribution in [3.63, 3.8) is 0 Å². The predicted octanol–water partition coefficient (Wildman–Crippen LogP) is 7.10. The van der Waals surface area contributed by atoms with Crippen LogP contribution in [-0.2, 0) is 80.9 Å². The van der Waals surface area contributed by atoms with E-state index in [4.69, 9.17) is 105 Å². The Bertz CT molecular complexity index is 2270. The van der Waals surface area contributed by atoms with Crippen molar-refractivity contribution in [1.82, 2.24) is 0 Å². The fourth-order valence-electron chi connectivity index (χ4n) is 13.8. The van der Waals surface area contributed by atoms with Gasteiger partial charge >= 0.3 is 41.8 Å². The van der Waals surface area contributed by atoms with Crippen molar-refractivity contribution >= 4 is 99.8 Å². The molecule has 0 aromatic rings. The van der Waals surface area contributed by atoms with Gasteiger partial charge in [0, 0.05) is 12.5 Å². The second-order valence-electron chi connectivity index (χ2n) is 21.7. The van der Waals surface area contributed by atoms with Gasteiger partial charge in [0.15, 0.2) is 30.9 Å². The Morgan fingerprint density at radius 3 is 1.87 bits per heavy atom. The van der Waals surface area contributed by atoms with Crippen molar-refractivity contribution in [2.75, 3.05) is 42.6 Å². The SMILES string of the molecule is CC(=O)O[C@H]1C[C@@]2(C)[C@@H](C[C@@H](O)C3[C@]2(C)CC[C@H]2[C@H](C)[C@H](OC4C=C[C@H](O[C@H]5O[C@H](COC(=O)CCl)[C@@H](OC(=O)CCl)[C@H](OC(=O)CCl)[C@H]5OC(=O)CCl)[C@@H](COC(=O)CCl)O4)CC[C@]32C)/C1=C(/CCC=C(C)C)C(=O)O. The van der Waals surface area contributed by atoms with Crippen molar-refractivity contribution in [3.8, 4) is 0 Å². The van der Waals surface area contributed by atoms with E-state index in [1.807, 2.05) is 19.9 Å². The lowest BCUT2D eigenvalue weighted by Crippen LogP contribution is -2.65. The third-order valence-electron chi connectivity index (χ3n) is 17.0. The Morgan fingerprint density at radius 1 is 0.714 bits per heavy atom. The van der Waals surface area contributed by atoms with Gasteiger partial charge in [-0.15, -0.1) is 58.0 Å². The van der Waals surface area contributed by atoms with Crippen LogP contribution in [0.2, 0.25) is 0 Å². The fourth-order valence-corrected chi connectivity index (χ4v) is 14.1. The number of fused-ring (bicyclic) bond motifs is 5. The number of hydrogen-bond donors (Lipinski definition) is 2. The number of allylic oxidation sites excluding steroid dienone is 2. The van der Waals surface area contributed by atoms with E-state index in [1.54, 1.807) is 12.2 Å². The molecule has 0 radical (unpaired) electrons. The molecule has 19 nitrogen and oxygen atoms in total. The number of rotatable bonds is 21. The Kier molecular flexibility index (Phi) is 22.1. The molecular weight excluding hydrogens is 1120 g/mol. The maximum atomic E-state index is 13.0. The van der Waals surface area contributed by atoms with Crippen molar-refractivity contribution in [2.24, 2.45) is 39.9 Å². The van der Waals surface area contributed by atoms with E-state index in [0.29, 0.717) is 44.1 Å². The minimum absolute atomic E-state index is 0.0672. The van der Waals surface area contributed by atoms with E-state index < -0.39 is 157 Å². The fraction of sp³-hybridized carbons (Fsp3) is 0.755. The van der Waals surface area contributed by atoms with E-state index in [1.165, 1.54) is 6.92 Å². The van der Waals surface area contributed by atoms with Gasteiger partial charge in [0.2, 0.25) is 0 Å². The third-order valence-corrected chi connectivity index (χ3v) is 18.1. The zero-order chi connectivity index (χ0) is 56.7. The molecule has 2 unspecified atom stereocenters. The molecule has 4 saturated carbocycles. The quantitative estimate of drug-likeness (QED) is 0.0382. The zero-order valence-electron chi connectivity index (χ0n) is 44.2. The van der Waals surface area contributed by atoms with E-state index in [9.17, 15) is 43.8 Å². The summed E-state index contributed by atoms with van der Waals surface area (Å²) in [6, 6.07) is 0.